The first-order valence-electron chi connectivity index (χ1n) is 6.78. The molecule has 0 aromatic heterocycles. The van der Waals surface area contributed by atoms with Gasteiger partial charge in [0.2, 0.25) is 0 Å². The van der Waals surface area contributed by atoms with E-state index in [2.05, 4.69) is 10.6 Å². The number of carbonyl (C=O) groups is 2. The predicted molar refractivity (Wildman–Crippen MR) is 71.0 cm³/mol. The maximum absolute atomic E-state index is 11.8. The molecule has 1 atom stereocenters. The summed E-state index contributed by atoms with van der Waals surface area (Å²) in [5, 5.41) is 14.7. The number of ether oxygens (including phenoxy) is 1. The second kappa shape index (κ2) is 7.33. The first-order valence-corrected chi connectivity index (χ1v) is 6.78. The molecule has 0 radical (unpaired) electrons. The Balaban J connectivity index is 2.46. The molecule has 0 spiro atoms. The highest BCUT2D eigenvalue weighted by atomic mass is 16.5. The molecular formula is C13H24N2O4. The van der Waals surface area contributed by atoms with Gasteiger partial charge in [-0.25, -0.2) is 9.59 Å². The Bertz CT molecular complexity index is 314. The zero-order valence-corrected chi connectivity index (χ0v) is 11.7. The number of nitrogens with one attached hydrogen (secondary N) is 2. The number of aliphatic carboxylic acids is 1. The number of carbonyl (C=O) groups excluding carboxylic acids is 1. The fraction of sp³-hybridized carbons (Fsp3) is 0.846. The Hall–Kier alpha value is -1.30. The molecule has 19 heavy (non-hydrogen) atoms. The Kier molecular flexibility index (Phi) is 6.08. The van der Waals surface area contributed by atoms with Crippen molar-refractivity contribution in [3.8, 4) is 0 Å². The summed E-state index contributed by atoms with van der Waals surface area (Å²) in [4.78, 5) is 23.2. The van der Waals surface area contributed by atoms with Crippen LogP contribution in [0.1, 0.15) is 39.0 Å². The number of carboxylic acid groups (broad SMARTS) is 1. The van der Waals surface area contributed by atoms with E-state index in [-0.39, 0.29) is 5.92 Å². The SMILES string of the molecule is COCC(C)CNC(=O)NC1(C(=O)O)CCCCC1. The normalized spacial score (nSPS) is 19.5. The van der Waals surface area contributed by atoms with E-state index in [0.717, 1.165) is 19.3 Å². The fourth-order valence-electron chi connectivity index (χ4n) is 2.42. The van der Waals surface area contributed by atoms with E-state index in [9.17, 15) is 14.7 Å². The molecule has 110 valence electrons. The third-order valence-electron chi connectivity index (χ3n) is 3.53. The summed E-state index contributed by atoms with van der Waals surface area (Å²) in [7, 11) is 1.61. The lowest BCUT2D eigenvalue weighted by Crippen LogP contribution is -2.58. The molecule has 1 saturated carbocycles. The molecule has 1 unspecified atom stereocenters. The van der Waals surface area contributed by atoms with Gasteiger partial charge in [-0.2, -0.15) is 0 Å². The molecule has 1 aliphatic rings. The molecule has 0 aromatic rings. The zero-order chi connectivity index (χ0) is 14.3. The maximum Gasteiger partial charge on any atom is 0.329 e. The predicted octanol–water partition coefficient (Wildman–Crippen LogP) is 1.36. The molecule has 0 heterocycles. The summed E-state index contributed by atoms with van der Waals surface area (Å²) in [6.07, 6.45) is 3.72. The largest absolute Gasteiger partial charge is 0.480 e. The van der Waals surface area contributed by atoms with Gasteiger partial charge >= 0.3 is 12.0 Å². The van der Waals surface area contributed by atoms with Crippen LogP contribution in [-0.2, 0) is 9.53 Å². The van der Waals surface area contributed by atoms with E-state index in [4.69, 9.17) is 4.74 Å². The molecule has 0 aliphatic heterocycles. The van der Waals surface area contributed by atoms with Crippen LogP contribution >= 0.6 is 0 Å². The van der Waals surface area contributed by atoms with Gasteiger partial charge in [0.05, 0.1) is 6.61 Å². The Morgan fingerprint density at radius 2 is 1.95 bits per heavy atom. The van der Waals surface area contributed by atoms with Gasteiger partial charge in [-0.05, 0) is 18.8 Å². The number of amides is 2. The first-order chi connectivity index (χ1) is 9.00. The molecule has 0 bridgehead atoms. The Morgan fingerprint density at radius 3 is 2.47 bits per heavy atom. The molecule has 1 aliphatic carbocycles. The third kappa shape index (κ3) is 4.70. The summed E-state index contributed by atoms with van der Waals surface area (Å²) >= 11 is 0. The minimum absolute atomic E-state index is 0.197. The van der Waals surface area contributed by atoms with Gasteiger partial charge in [-0.3, -0.25) is 0 Å². The van der Waals surface area contributed by atoms with E-state index >= 15 is 0 Å². The number of methoxy groups -OCH3 is 1. The van der Waals surface area contributed by atoms with Crippen LogP contribution in [-0.4, -0.2) is 42.9 Å². The van der Waals surface area contributed by atoms with Crippen LogP contribution < -0.4 is 10.6 Å². The van der Waals surface area contributed by atoms with Crippen LogP contribution in [0.5, 0.6) is 0 Å². The van der Waals surface area contributed by atoms with E-state index in [1.165, 1.54) is 0 Å². The van der Waals surface area contributed by atoms with Gasteiger partial charge in [0, 0.05) is 13.7 Å². The van der Waals surface area contributed by atoms with Gasteiger partial charge in [0.1, 0.15) is 5.54 Å². The monoisotopic (exact) mass is 272 g/mol. The van der Waals surface area contributed by atoms with Crippen molar-refractivity contribution in [3.63, 3.8) is 0 Å². The summed E-state index contributed by atoms with van der Waals surface area (Å²) < 4.78 is 4.98. The third-order valence-corrected chi connectivity index (χ3v) is 3.53. The summed E-state index contributed by atoms with van der Waals surface area (Å²) in [5.41, 5.74) is -1.09. The Morgan fingerprint density at radius 1 is 1.32 bits per heavy atom. The fourth-order valence-corrected chi connectivity index (χ4v) is 2.42. The highest BCUT2D eigenvalue weighted by Crippen LogP contribution is 2.28. The lowest BCUT2D eigenvalue weighted by molar-refractivity contribution is -0.145. The molecule has 0 aromatic carbocycles. The first kappa shape index (κ1) is 15.8. The second-order valence-electron chi connectivity index (χ2n) is 5.34. The summed E-state index contributed by atoms with van der Waals surface area (Å²) in [6.45, 7) is 2.98. The number of hydrogen-bond donors (Lipinski definition) is 3. The van der Waals surface area contributed by atoms with Crippen molar-refractivity contribution in [1.82, 2.24) is 10.6 Å². The lowest BCUT2D eigenvalue weighted by atomic mass is 9.82. The van der Waals surface area contributed by atoms with Crippen LogP contribution in [0.15, 0.2) is 0 Å². The molecular weight excluding hydrogens is 248 g/mol. The van der Waals surface area contributed by atoms with Crippen molar-refractivity contribution in [3.05, 3.63) is 0 Å². The van der Waals surface area contributed by atoms with E-state index in [1.54, 1.807) is 7.11 Å². The molecule has 6 heteroatoms. The number of urea groups is 1. The average Bonchev–Trinajstić information content (AvgIpc) is 2.38. The van der Waals surface area contributed by atoms with Crippen LogP contribution in [0.25, 0.3) is 0 Å². The highest BCUT2D eigenvalue weighted by Gasteiger charge is 2.40. The van der Waals surface area contributed by atoms with Crippen molar-refractivity contribution in [2.24, 2.45) is 5.92 Å². The topological polar surface area (TPSA) is 87.7 Å². The van der Waals surface area contributed by atoms with Gasteiger partial charge in [0.25, 0.3) is 0 Å². The minimum atomic E-state index is -1.09. The van der Waals surface area contributed by atoms with Crippen molar-refractivity contribution < 1.29 is 19.4 Å². The highest BCUT2D eigenvalue weighted by molar-refractivity contribution is 5.86. The van der Waals surface area contributed by atoms with Crippen LogP contribution in [0, 0.1) is 5.92 Å². The summed E-state index contributed by atoms with van der Waals surface area (Å²) in [6, 6.07) is -0.410. The van der Waals surface area contributed by atoms with Crippen molar-refractivity contribution in [1.29, 1.82) is 0 Å². The maximum atomic E-state index is 11.8. The van der Waals surface area contributed by atoms with Crippen molar-refractivity contribution in [2.75, 3.05) is 20.3 Å². The van der Waals surface area contributed by atoms with Gasteiger partial charge < -0.3 is 20.5 Å². The van der Waals surface area contributed by atoms with E-state index in [1.807, 2.05) is 6.92 Å². The smallest absolute Gasteiger partial charge is 0.329 e. The molecule has 0 saturated heterocycles. The van der Waals surface area contributed by atoms with Crippen LogP contribution in [0.2, 0.25) is 0 Å². The average molecular weight is 272 g/mol. The molecule has 2 amide bonds. The standard InChI is InChI=1S/C13H24N2O4/c1-10(9-19-2)8-14-12(18)15-13(11(16)17)6-4-3-5-7-13/h10H,3-9H2,1-2H3,(H,16,17)(H2,14,15,18). The lowest BCUT2D eigenvalue weighted by Gasteiger charge is -2.34. The number of rotatable bonds is 6. The van der Waals surface area contributed by atoms with Crippen molar-refractivity contribution >= 4 is 12.0 Å². The number of hydrogen-bond acceptors (Lipinski definition) is 3. The van der Waals surface area contributed by atoms with E-state index < -0.39 is 17.5 Å². The zero-order valence-electron chi connectivity index (χ0n) is 11.7. The molecule has 1 fully saturated rings. The summed E-state index contributed by atoms with van der Waals surface area (Å²) in [5.74, 6) is -0.741. The van der Waals surface area contributed by atoms with E-state index in [0.29, 0.717) is 26.0 Å². The molecule has 3 N–H and O–H groups in total. The quantitative estimate of drug-likeness (QED) is 0.681. The van der Waals surface area contributed by atoms with Gasteiger partial charge in [0.15, 0.2) is 0 Å². The van der Waals surface area contributed by atoms with Crippen LogP contribution in [0.3, 0.4) is 0 Å². The van der Waals surface area contributed by atoms with Crippen molar-refractivity contribution in [2.45, 2.75) is 44.6 Å². The second-order valence-corrected chi connectivity index (χ2v) is 5.34. The van der Waals surface area contributed by atoms with Crippen LogP contribution in [0.4, 0.5) is 4.79 Å². The molecule has 1 rings (SSSR count). The Labute approximate surface area is 113 Å². The molecule has 6 nitrogen and oxygen atoms in total. The number of carboxylic acids is 1. The van der Waals surface area contributed by atoms with Gasteiger partial charge in [-0.1, -0.05) is 26.2 Å². The van der Waals surface area contributed by atoms with Gasteiger partial charge in [-0.15, -0.1) is 0 Å². The minimum Gasteiger partial charge on any atom is -0.480 e.